The minimum Gasteiger partial charge on any atom is -0.393 e. The lowest BCUT2D eigenvalue weighted by Crippen LogP contribution is -2.33. The van der Waals surface area contributed by atoms with Crippen molar-refractivity contribution in [1.82, 2.24) is 0 Å². The van der Waals surface area contributed by atoms with Crippen LogP contribution in [0.25, 0.3) is 0 Å². The molecule has 1 aromatic carbocycles. The second-order valence-corrected chi connectivity index (χ2v) is 4.37. The molecule has 3 heteroatoms. The van der Waals surface area contributed by atoms with Crippen molar-refractivity contribution < 1.29 is 14.9 Å². The van der Waals surface area contributed by atoms with Gasteiger partial charge in [-0.25, -0.2) is 0 Å². The number of ether oxygens (including phenoxy) is 1. The van der Waals surface area contributed by atoms with Crippen LogP contribution in [-0.4, -0.2) is 29.5 Å². The van der Waals surface area contributed by atoms with E-state index in [2.05, 4.69) is 0 Å². The predicted molar refractivity (Wildman–Crippen MR) is 61.0 cm³/mol. The molecule has 0 amide bonds. The molecule has 0 spiro atoms. The van der Waals surface area contributed by atoms with E-state index in [1.807, 2.05) is 24.3 Å². The van der Waals surface area contributed by atoms with Gasteiger partial charge in [0.1, 0.15) is 0 Å². The van der Waals surface area contributed by atoms with Crippen molar-refractivity contribution in [1.29, 1.82) is 0 Å². The summed E-state index contributed by atoms with van der Waals surface area (Å²) in [4.78, 5) is 0. The maximum Gasteiger partial charge on any atom is 0.0681 e. The van der Waals surface area contributed by atoms with Crippen LogP contribution in [0.2, 0.25) is 0 Å². The molecule has 1 aromatic rings. The Hall–Kier alpha value is -0.900. The van der Waals surface area contributed by atoms with Crippen molar-refractivity contribution in [3.8, 4) is 0 Å². The van der Waals surface area contributed by atoms with Crippen molar-refractivity contribution in [3.05, 3.63) is 35.4 Å². The molecule has 2 unspecified atom stereocenters. The highest BCUT2D eigenvalue weighted by atomic mass is 16.5. The van der Waals surface area contributed by atoms with Crippen LogP contribution in [0.3, 0.4) is 0 Å². The largest absolute Gasteiger partial charge is 0.393 e. The van der Waals surface area contributed by atoms with Crippen LogP contribution in [0.4, 0.5) is 0 Å². The van der Waals surface area contributed by atoms with Crippen LogP contribution in [-0.2, 0) is 17.8 Å². The predicted octanol–water partition coefficient (Wildman–Crippen LogP) is 1.12. The van der Waals surface area contributed by atoms with Gasteiger partial charge in [-0.05, 0) is 24.0 Å². The zero-order chi connectivity index (χ0) is 11.4. The van der Waals surface area contributed by atoms with Gasteiger partial charge in [0.2, 0.25) is 0 Å². The van der Waals surface area contributed by atoms with Gasteiger partial charge < -0.3 is 14.9 Å². The van der Waals surface area contributed by atoms with Gasteiger partial charge in [0.15, 0.2) is 0 Å². The Morgan fingerprint density at radius 1 is 1.19 bits per heavy atom. The summed E-state index contributed by atoms with van der Waals surface area (Å²) in [6, 6.07) is 7.86. The van der Waals surface area contributed by atoms with Crippen molar-refractivity contribution in [2.24, 2.45) is 5.92 Å². The molecule has 1 heterocycles. The first-order valence-electron chi connectivity index (χ1n) is 5.74. The van der Waals surface area contributed by atoms with Gasteiger partial charge in [-0.1, -0.05) is 24.3 Å². The minimum absolute atomic E-state index is 0.0788. The zero-order valence-corrected chi connectivity index (χ0v) is 9.30. The highest BCUT2D eigenvalue weighted by Crippen LogP contribution is 2.19. The Balaban J connectivity index is 1.96. The molecule has 2 rings (SSSR count). The second-order valence-electron chi connectivity index (χ2n) is 4.37. The summed E-state index contributed by atoms with van der Waals surface area (Å²) >= 11 is 0. The first kappa shape index (κ1) is 11.6. The van der Waals surface area contributed by atoms with Crippen LogP contribution < -0.4 is 0 Å². The molecule has 1 aliphatic heterocycles. The summed E-state index contributed by atoms with van der Waals surface area (Å²) in [6.07, 6.45) is 1.33. The number of hydrogen-bond acceptors (Lipinski definition) is 3. The van der Waals surface area contributed by atoms with E-state index < -0.39 is 0 Å². The minimum atomic E-state index is -0.244. The van der Waals surface area contributed by atoms with Crippen LogP contribution in [0.1, 0.15) is 17.5 Å². The molecular weight excluding hydrogens is 204 g/mol. The molecule has 0 aliphatic carbocycles. The van der Waals surface area contributed by atoms with Crippen molar-refractivity contribution in [2.75, 3.05) is 13.2 Å². The maximum absolute atomic E-state index is 9.81. The van der Waals surface area contributed by atoms with E-state index in [9.17, 15) is 5.11 Å². The molecule has 3 nitrogen and oxygen atoms in total. The molecule has 2 N–H and O–H groups in total. The second kappa shape index (κ2) is 5.43. The fourth-order valence-corrected chi connectivity index (χ4v) is 2.06. The lowest BCUT2D eigenvalue weighted by atomic mass is 9.91. The lowest BCUT2D eigenvalue weighted by Gasteiger charge is -2.27. The van der Waals surface area contributed by atoms with E-state index in [1.165, 1.54) is 5.56 Å². The Kier molecular flexibility index (Phi) is 3.93. The molecule has 0 bridgehead atoms. The van der Waals surface area contributed by atoms with E-state index in [4.69, 9.17) is 9.84 Å². The Morgan fingerprint density at radius 3 is 2.50 bits per heavy atom. The number of aliphatic hydroxyl groups excluding tert-OH is 2. The third-order valence-electron chi connectivity index (χ3n) is 3.14. The molecule has 2 atom stereocenters. The Bertz CT molecular complexity index is 320. The van der Waals surface area contributed by atoms with E-state index in [0.717, 1.165) is 18.4 Å². The molecule has 1 saturated heterocycles. The molecule has 0 saturated carbocycles. The molecule has 88 valence electrons. The van der Waals surface area contributed by atoms with Crippen LogP contribution in [0.15, 0.2) is 24.3 Å². The van der Waals surface area contributed by atoms with Gasteiger partial charge in [-0.15, -0.1) is 0 Å². The normalized spacial score (nSPS) is 25.6. The summed E-state index contributed by atoms with van der Waals surface area (Å²) in [7, 11) is 0. The molecule has 0 aromatic heterocycles. The third-order valence-corrected chi connectivity index (χ3v) is 3.14. The topological polar surface area (TPSA) is 49.7 Å². The standard InChI is InChI=1S/C13H18O3/c14-8-11-3-1-10(2-4-11)7-12-9-16-6-5-13(12)15/h1-4,12-15H,5-9H2. The fourth-order valence-electron chi connectivity index (χ4n) is 2.06. The van der Waals surface area contributed by atoms with E-state index >= 15 is 0 Å². The van der Waals surface area contributed by atoms with Gasteiger partial charge >= 0.3 is 0 Å². The average Bonchev–Trinajstić information content (AvgIpc) is 2.33. The Morgan fingerprint density at radius 2 is 1.88 bits per heavy atom. The van der Waals surface area contributed by atoms with Gasteiger partial charge in [0.25, 0.3) is 0 Å². The molecular formula is C13H18O3. The smallest absolute Gasteiger partial charge is 0.0681 e. The number of benzene rings is 1. The van der Waals surface area contributed by atoms with Gasteiger partial charge in [-0.3, -0.25) is 0 Å². The van der Waals surface area contributed by atoms with Gasteiger partial charge in [0, 0.05) is 12.5 Å². The summed E-state index contributed by atoms with van der Waals surface area (Å²) in [5, 5.41) is 18.7. The average molecular weight is 222 g/mol. The highest BCUT2D eigenvalue weighted by molar-refractivity contribution is 5.22. The summed E-state index contributed by atoms with van der Waals surface area (Å²) in [6.45, 7) is 1.39. The van der Waals surface area contributed by atoms with Crippen molar-refractivity contribution >= 4 is 0 Å². The number of aliphatic hydroxyl groups is 2. The number of rotatable bonds is 3. The molecule has 16 heavy (non-hydrogen) atoms. The van der Waals surface area contributed by atoms with E-state index in [1.54, 1.807) is 0 Å². The highest BCUT2D eigenvalue weighted by Gasteiger charge is 2.23. The maximum atomic E-state index is 9.81. The first-order chi connectivity index (χ1) is 7.79. The quantitative estimate of drug-likeness (QED) is 0.805. The molecule has 1 aliphatic rings. The van der Waals surface area contributed by atoms with E-state index in [-0.39, 0.29) is 18.6 Å². The Labute approximate surface area is 95.7 Å². The number of hydrogen-bond donors (Lipinski definition) is 2. The first-order valence-corrected chi connectivity index (χ1v) is 5.74. The van der Waals surface area contributed by atoms with Crippen molar-refractivity contribution in [2.45, 2.75) is 25.6 Å². The third kappa shape index (κ3) is 2.82. The fraction of sp³-hybridized carbons (Fsp3) is 0.538. The van der Waals surface area contributed by atoms with Crippen LogP contribution >= 0.6 is 0 Å². The van der Waals surface area contributed by atoms with Crippen LogP contribution in [0.5, 0.6) is 0 Å². The van der Waals surface area contributed by atoms with Crippen molar-refractivity contribution in [3.63, 3.8) is 0 Å². The van der Waals surface area contributed by atoms with Crippen LogP contribution in [0, 0.1) is 5.92 Å². The summed E-state index contributed by atoms with van der Waals surface area (Å²) in [5.41, 5.74) is 2.11. The zero-order valence-electron chi connectivity index (χ0n) is 9.30. The van der Waals surface area contributed by atoms with Gasteiger partial charge in [0.05, 0.1) is 19.3 Å². The lowest BCUT2D eigenvalue weighted by molar-refractivity contribution is -0.0350. The summed E-state index contributed by atoms with van der Waals surface area (Å²) in [5.74, 6) is 0.203. The summed E-state index contributed by atoms with van der Waals surface area (Å²) < 4.78 is 5.37. The molecule has 0 radical (unpaired) electrons. The molecule has 1 fully saturated rings. The monoisotopic (exact) mass is 222 g/mol. The van der Waals surface area contributed by atoms with Gasteiger partial charge in [-0.2, -0.15) is 0 Å². The van der Waals surface area contributed by atoms with E-state index in [0.29, 0.717) is 13.2 Å². The SMILES string of the molecule is OCc1ccc(CC2COCCC2O)cc1.